The van der Waals surface area contributed by atoms with Crippen molar-refractivity contribution in [3.05, 3.63) is 75.4 Å². The third-order valence-electron chi connectivity index (χ3n) is 4.53. The smallest absolute Gasteiger partial charge is 0.328 e. The molecule has 0 spiro atoms. The molecule has 158 valence electrons. The second-order valence-corrected chi connectivity index (χ2v) is 6.82. The molecule has 3 aromatic rings. The molecule has 2 amide bonds. The Bertz CT molecular complexity index is 1150. The summed E-state index contributed by atoms with van der Waals surface area (Å²) in [5.41, 5.74) is -0.771. The maximum Gasteiger partial charge on any atom is 0.413 e. The van der Waals surface area contributed by atoms with Gasteiger partial charge in [0.2, 0.25) is 0 Å². The van der Waals surface area contributed by atoms with Crippen LogP contribution in [0.5, 0.6) is 0 Å². The van der Waals surface area contributed by atoms with Crippen molar-refractivity contribution in [2.24, 2.45) is 0 Å². The van der Waals surface area contributed by atoms with Gasteiger partial charge in [-0.05, 0) is 36.6 Å². The number of fused-ring (bicyclic) bond motifs is 1. The molecule has 0 radical (unpaired) electrons. The van der Waals surface area contributed by atoms with Crippen molar-refractivity contribution in [3.8, 4) is 0 Å². The number of carbonyl (C=O) groups excluding carboxylic acids is 1. The molecule has 0 bridgehead atoms. The number of H-pyrrole nitrogens is 1. The van der Waals surface area contributed by atoms with Crippen LogP contribution < -0.4 is 10.9 Å². The van der Waals surface area contributed by atoms with Gasteiger partial charge in [-0.2, -0.15) is 13.2 Å². The summed E-state index contributed by atoms with van der Waals surface area (Å²) < 4.78 is 55.6. The van der Waals surface area contributed by atoms with Crippen molar-refractivity contribution < 1.29 is 22.4 Å². The van der Waals surface area contributed by atoms with Crippen molar-refractivity contribution in [2.75, 3.05) is 11.9 Å². The van der Waals surface area contributed by atoms with Crippen molar-refractivity contribution in [2.45, 2.75) is 19.1 Å². The van der Waals surface area contributed by atoms with E-state index in [1.165, 1.54) is 37.3 Å². The molecule has 1 heterocycles. The van der Waals surface area contributed by atoms with Crippen molar-refractivity contribution in [1.29, 1.82) is 0 Å². The number of amides is 2. The van der Waals surface area contributed by atoms with E-state index in [0.717, 1.165) is 18.3 Å². The number of hydrogen-bond donors (Lipinski definition) is 2. The Labute approximate surface area is 173 Å². The quantitative estimate of drug-likeness (QED) is 0.527. The molecule has 0 aliphatic carbocycles. The molecular weight excluding hydrogens is 426 g/mol. The number of alkyl halides is 3. The summed E-state index contributed by atoms with van der Waals surface area (Å²) in [6, 6.07) is 5.72. The predicted molar refractivity (Wildman–Crippen MR) is 106 cm³/mol. The highest BCUT2D eigenvalue weighted by Gasteiger charge is 2.47. The molecule has 1 aromatic heterocycles. The van der Waals surface area contributed by atoms with Crippen LogP contribution in [0.1, 0.15) is 18.5 Å². The lowest BCUT2D eigenvalue weighted by atomic mass is 10.00. The first kappa shape index (κ1) is 21.6. The number of anilines is 1. The highest BCUT2D eigenvalue weighted by atomic mass is 35.5. The molecule has 0 fully saturated rings. The number of nitrogens with zero attached hydrogens (tertiary/aromatic N) is 1. The predicted octanol–water partition coefficient (Wildman–Crippen LogP) is 5.48. The van der Waals surface area contributed by atoms with Gasteiger partial charge in [0.15, 0.2) is 6.04 Å². The van der Waals surface area contributed by atoms with Crippen molar-refractivity contribution >= 4 is 34.1 Å². The van der Waals surface area contributed by atoms with Crippen molar-refractivity contribution in [1.82, 2.24) is 9.88 Å². The van der Waals surface area contributed by atoms with Gasteiger partial charge in [-0.15, -0.1) is 0 Å². The molecule has 2 aromatic carbocycles. The van der Waals surface area contributed by atoms with Gasteiger partial charge < -0.3 is 15.2 Å². The Kier molecular flexibility index (Phi) is 6.02. The number of aromatic nitrogens is 1. The summed E-state index contributed by atoms with van der Waals surface area (Å²) in [4.78, 5) is 27.6. The fourth-order valence-corrected chi connectivity index (χ4v) is 3.37. The zero-order valence-electron chi connectivity index (χ0n) is 15.6. The van der Waals surface area contributed by atoms with Gasteiger partial charge in [0, 0.05) is 29.4 Å². The lowest BCUT2D eigenvalue weighted by molar-refractivity contribution is -0.177. The lowest BCUT2D eigenvalue weighted by Gasteiger charge is -2.33. The number of carbonyl (C=O) groups is 1. The van der Waals surface area contributed by atoms with E-state index in [-0.39, 0.29) is 33.6 Å². The number of aromatic amines is 1. The highest BCUT2D eigenvalue weighted by Crippen LogP contribution is 2.40. The van der Waals surface area contributed by atoms with Gasteiger partial charge in [-0.25, -0.2) is 9.18 Å². The summed E-state index contributed by atoms with van der Waals surface area (Å²) in [7, 11) is 0. The molecule has 0 aliphatic heterocycles. The number of urea groups is 1. The minimum absolute atomic E-state index is 0.0390. The van der Waals surface area contributed by atoms with Crippen LogP contribution in [0.4, 0.5) is 28.0 Å². The SMILES string of the molecule is CCN(C(=O)Nc1ccc(F)c(Cl)c1)C(c1c[nH]c(=O)c2ccccc12)C(F)(F)F. The largest absolute Gasteiger partial charge is 0.413 e. The van der Waals surface area contributed by atoms with E-state index in [9.17, 15) is 27.2 Å². The monoisotopic (exact) mass is 441 g/mol. The Morgan fingerprint density at radius 2 is 1.87 bits per heavy atom. The zero-order valence-corrected chi connectivity index (χ0v) is 16.3. The molecule has 3 rings (SSSR count). The number of benzene rings is 2. The first-order valence-electron chi connectivity index (χ1n) is 8.83. The Balaban J connectivity index is 2.06. The first-order chi connectivity index (χ1) is 14.1. The number of rotatable bonds is 4. The molecular formula is C20H16ClF4N3O2. The standard InChI is InChI=1S/C20H16ClF4N3O2/c1-2-28(19(30)27-11-7-8-16(22)15(21)9-11)17(20(23,24)25)14-10-26-18(29)13-6-4-3-5-12(13)14/h3-10,17H,2H2,1H3,(H,26,29)(H,27,30). The molecule has 2 N–H and O–H groups in total. The highest BCUT2D eigenvalue weighted by molar-refractivity contribution is 6.31. The fourth-order valence-electron chi connectivity index (χ4n) is 3.19. The van der Waals surface area contributed by atoms with Crippen LogP contribution in [0.3, 0.4) is 0 Å². The second-order valence-electron chi connectivity index (χ2n) is 6.41. The van der Waals surface area contributed by atoms with Crippen molar-refractivity contribution in [3.63, 3.8) is 0 Å². The van der Waals surface area contributed by atoms with Gasteiger partial charge in [0.25, 0.3) is 5.56 Å². The molecule has 1 unspecified atom stereocenters. The molecule has 10 heteroatoms. The van der Waals surface area contributed by atoms with E-state index in [0.29, 0.717) is 4.90 Å². The number of hydrogen-bond acceptors (Lipinski definition) is 2. The third-order valence-corrected chi connectivity index (χ3v) is 4.82. The Morgan fingerprint density at radius 1 is 1.20 bits per heavy atom. The van der Waals surface area contributed by atoms with Crippen LogP contribution >= 0.6 is 11.6 Å². The van der Waals surface area contributed by atoms with E-state index in [4.69, 9.17) is 11.6 Å². The molecule has 0 saturated heterocycles. The van der Waals surface area contributed by atoms with Crippen LogP contribution in [-0.2, 0) is 0 Å². The van der Waals surface area contributed by atoms with Crippen LogP contribution in [0.2, 0.25) is 5.02 Å². The van der Waals surface area contributed by atoms with E-state index in [2.05, 4.69) is 10.3 Å². The third kappa shape index (κ3) is 4.25. The summed E-state index contributed by atoms with van der Waals surface area (Å²) in [5.74, 6) is -0.727. The average molecular weight is 442 g/mol. The van der Waals surface area contributed by atoms with Crippen LogP contribution in [0.15, 0.2) is 53.5 Å². The van der Waals surface area contributed by atoms with Crippen LogP contribution in [0.25, 0.3) is 10.8 Å². The number of halogens is 5. The van der Waals surface area contributed by atoms with Gasteiger partial charge in [-0.3, -0.25) is 4.79 Å². The topological polar surface area (TPSA) is 65.2 Å². The van der Waals surface area contributed by atoms with E-state index in [1.807, 2.05) is 0 Å². The molecule has 5 nitrogen and oxygen atoms in total. The molecule has 0 aliphatic rings. The lowest BCUT2D eigenvalue weighted by Crippen LogP contribution is -2.44. The van der Waals surface area contributed by atoms with Crippen LogP contribution in [-0.4, -0.2) is 28.6 Å². The Morgan fingerprint density at radius 3 is 2.47 bits per heavy atom. The minimum atomic E-state index is -4.84. The van der Waals surface area contributed by atoms with Gasteiger partial charge in [0.05, 0.1) is 5.02 Å². The summed E-state index contributed by atoms with van der Waals surface area (Å²) >= 11 is 5.67. The van der Waals surface area contributed by atoms with E-state index in [1.54, 1.807) is 0 Å². The summed E-state index contributed by atoms with van der Waals surface area (Å²) in [5, 5.41) is 2.18. The molecule has 0 saturated carbocycles. The van der Waals surface area contributed by atoms with Gasteiger partial charge in [-0.1, -0.05) is 29.8 Å². The van der Waals surface area contributed by atoms with E-state index >= 15 is 0 Å². The first-order valence-corrected chi connectivity index (χ1v) is 9.21. The molecule has 1 atom stereocenters. The number of pyridine rings is 1. The summed E-state index contributed by atoms with van der Waals surface area (Å²) in [6.07, 6.45) is -3.87. The normalized spacial score (nSPS) is 12.6. The Hall–Kier alpha value is -3.07. The second kappa shape index (κ2) is 8.35. The maximum absolute atomic E-state index is 14.1. The van der Waals surface area contributed by atoms with Crippen LogP contribution in [0, 0.1) is 5.82 Å². The van der Waals surface area contributed by atoms with E-state index < -0.39 is 29.6 Å². The average Bonchev–Trinajstić information content (AvgIpc) is 2.69. The molecule has 30 heavy (non-hydrogen) atoms. The minimum Gasteiger partial charge on any atom is -0.328 e. The summed E-state index contributed by atoms with van der Waals surface area (Å²) in [6.45, 7) is 1.10. The maximum atomic E-state index is 14.1. The fraction of sp³-hybridized carbons (Fsp3) is 0.200. The zero-order chi connectivity index (χ0) is 22.1. The number of nitrogens with one attached hydrogen (secondary N) is 2. The van der Waals surface area contributed by atoms with Gasteiger partial charge >= 0.3 is 12.2 Å². The van der Waals surface area contributed by atoms with Gasteiger partial charge in [0.1, 0.15) is 5.82 Å².